The molecule has 0 amide bonds. The summed E-state index contributed by atoms with van der Waals surface area (Å²) in [5.41, 5.74) is 4.96. The summed E-state index contributed by atoms with van der Waals surface area (Å²) in [6, 6.07) is 20.6. The molecule has 41 heavy (non-hydrogen) atoms. The molecule has 6 rings (SSSR count). The standard InChI is InChI=1S/C31H35N7O2S/c1-40-30-19-27-26(18-28(30)32-11-5-6-12-37-13-15-41(39)16-14-37)31(34-22-33-27)36-25-9-10-29-24(17-25)20-35-38(29)21-23-7-3-2-4-8-23/h2-4,7-10,17-20,22,32H,5-6,11-16,21H2,1H3,(H,33,34,36). The number of anilines is 3. The zero-order chi connectivity index (χ0) is 28.0. The molecule has 0 aliphatic carbocycles. The smallest absolute Gasteiger partial charge is 0.144 e. The molecule has 2 N–H and O–H groups in total. The van der Waals surface area contributed by atoms with E-state index >= 15 is 0 Å². The average Bonchev–Trinajstić information content (AvgIpc) is 3.40. The van der Waals surface area contributed by atoms with Gasteiger partial charge in [-0.05, 0) is 49.2 Å². The Balaban J connectivity index is 1.14. The number of hydrogen-bond acceptors (Lipinski definition) is 8. The second-order valence-electron chi connectivity index (χ2n) is 10.3. The Hall–Kier alpha value is -3.86. The maximum atomic E-state index is 11.6. The van der Waals surface area contributed by atoms with Crippen LogP contribution in [0, 0.1) is 0 Å². The first kappa shape index (κ1) is 27.3. The van der Waals surface area contributed by atoms with Crippen molar-refractivity contribution in [3.8, 4) is 5.75 Å². The van der Waals surface area contributed by atoms with Gasteiger partial charge in [-0.1, -0.05) is 41.5 Å². The van der Waals surface area contributed by atoms with E-state index < -0.39 is 11.2 Å². The van der Waals surface area contributed by atoms with Gasteiger partial charge in [-0.25, -0.2) is 9.97 Å². The van der Waals surface area contributed by atoms with Crippen molar-refractivity contribution in [1.29, 1.82) is 0 Å². The third-order valence-corrected chi connectivity index (χ3v) is 8.80. The van der Waals surface area contributed by atoms with Gasteiger partial charge in [-0.2, -0.15) is 5.10 Å². The molecule has 0 atom stereocenters. The van der Waals surface area contributed by atoms with Gasteiger partial charge in [0, 0.05) is 42.2 Å². The van der Waals surface area contributed by atoms with Crippen LogP contribution < -0.4 is 15.4 Å². The molecule has 0 saturated carbocycles. The van der Waals surface area contributed by atoms with Crippen LogP contribution in [0.4, 0.5) is 17.2 Å². The van der Waals surface area contributed by atoms with Gasteiger partial charge in [-0.15, -0.1) is 0 Å². The normalized spacial score (nSPS) is 14.5. The fourth-order valence-corrected chi connectivity index (χ4v) is 6.39. The predicted molar refractivity (Wildman–Crippen MR) is 167 cm³/mol. The number of nitrogens with one attached hydrogen (secondary N) is 2. The lowest BCUT2D eigenvalue weighted by Crippen LogP contribution is -2.40. The Labute approximate surface area is 243 Å². The van der Waals surface area contributed by atoms with Crippen molar-refractivity contribution >= 4 is 50.2 Å². The summed E-state index contributed by atoms with van der Waals surface area (Å²) in [7, 11) is 1.68. The zero-order valence-electron chi connectivity index (χ0n) is 23.3. The second kappa shape index (κ2) is 12.8. The molecule has 2 aromatic heterocycles. The highest BCUT2D eigenvalue weighted by Crippen LogP contribution is 2.33. The fourth-order valence-electron chi connectivity index (χ4n) is 5.26. The van der Waals surface area contributed by atoms with E-state index in [-0.39, 0.29) is 0 Å². The van der Waals surface area contributed by atoms with E-state index in [0.29, 0.717) is 0 Å². The van der Waals surface area contributed by atoms with Crippen LogP contribution in [0.1, 0.15) is 18.4 Å². The van der Waals surface area contributed by atoms with Crippen molar-refractivity contribution in [2.45, 2.75) is 19.4 Å². The first-order chi connectivity index (χ1) is 20.2. The number of fused-ring (bicyclic) bond motifs is 2. The molecule has 1 aliphatic heterocycles. The first-order valence-electron chi connectivity index (χ1n) is 14.1. The Kier molecular flexibility index (Phi) is 8.50. The molecule has 10 heteroatoms. The van der Waals surface area contributed by atoms with Gasteiger partial charge in [0.1, 0.15) is 29.4 Å². The van der Waals surface area contributed by atoms with E-state index in [1.54, 1.807) is 13.4 Å². The number of nitrogens with zero attached hydrogens (tertiary/aromatic N) is 5. The van der Waals surface area contributed by atoms with Gasteiger partial charge in [0.05, 0.1) is 36.6 Å². The van der Waals surface area contributed by atoms with E-state index in [4.69, 9.17) is 4.74 Å². The molecular weight excluding hydrogens is 534 g/mol. The number of benzene rings is 3. The predicted octanol–water partition coefficient (Wildman–Crippen LogP) is 5.04. The van der Waals surface area contributed by atoms with E-state index in [2.05, 4.69) is 67.0 Å². The molecule has 0 unspecified atom stereocenters. The number of ether oxygens (including phenoxy) is 1. The molecule has 3 heterocycles. The fraction of sp³-hybridized carbons (Fsp3) is 0.323. The summed E-state index contributed by atoms with van der Waals surface area (Å²) in [5, 5.41) is 13.6. The molecule has 212 valence electrons. The van der Waals surface area contributed by atoms with Gasteiger partial charge in [0.25, 0.3) is 0 Å². The van der Waals surface area contributed by atoms with Crippen molar-refractivity contribution in [3.63, 3.8) is 0 Å². The molecule has 3 aromatic carbocycles. The summed E-state index contributed by atoms with van der Waals surface area (Å²) < 4.78 is 19.3. The number of methoxy groups -OCH3 is 1. The van der Waals surface area contributed by atoms with Gasteiger partial charge in [0.15, 0.2) is 0 Å². The second-order valence-corrected chi connectivity index (χ2v) is 12.0. The molecule has 9 nitrogen and oxygen atoms in total. The lowest BCUT2D eigenvalue weighted by molar-refractivity contribution is 0.290. The lowest BCUT2D eigenvalue weighted by atomic mass is 10.1. The molecule has 1 saturated heterocycles. The largest absolute Gasteiger partial charge is 0.616 e. The molecule has 0 radical (unpaired) electrons. The monoisotopic (exact) mass is 569 g/mol. The van der Waals surface area contributed by atoms with Gasteiger partial charge in [-0.3, -0.25) is 9.58 Å². The van der Waals surface area contributed by atoms with Crippen molar-refractivity contribution in [3.05, 3.63) is 78.8 Å². The highest BCUT2D eigenvalue weighted by molar-refractivity contribution is 7.91. The van der Waals surface area contributed by atoms with Crippen molar-refractivity contribution in [2.75, 3.05) is 55.4 Å². The van der Waals surface area contributed by atoms with E-state index in [1.165, 1.54) is 5.56 Å². The number of unbranched alkanes of at least 4 members (excludes halogenated alkanes) is 1. The Morgan fingerprint density at radius 1 is 1.00 bits per heavy atom. The third-order valence-electron chi connectivity index (χ3n) is 7.52. The summed E-state index contributed by atoms with van der Waals surface area (Å²) >= 11 is -0.625. The molecule has 1 fully saturated rings. The Morgan fingerprint density at radius 3 is 2.68 bits per heavy atom. The zero-order valence-corrected chi connectivity index (χ0v) is 24.1. The molecule has 0 spiro atoms. The van der Waals surface area contributed by atoms with E-state index in [9.17, 15) is 4.55 Å². The topological polar surface area (TPSA) is 103 Å². The molecule has 5 aromatic rings. The van der Waals surface area contributed by atoms with Crippen LogP contribution in [0.3, 0.4) is 0 Å². The van der Waals surface area contributed by atoms with Crippen LogP contribution >= 0.6 is 0 Å². The average molecular weight is 570 g/mol. The van der Waals surface area contributed by atoms with Crippen LogP contribution in [0.15, 0.2) is 73.2 Å². The molecular formula is C31H35N7O2S. The molecule has 1 aliphatic rings. The van der Waals surface area contributed by atoms with E-state index in [1.807, 2.05) is 35.1 Å². The maximum absolute atomic E-state index is 11.6. The van der Waals surface area contributed by atoms with Crippen LogP contribution in [0.2, 0.25) is 0 Å². The lowest BCUT2D eigenvalue weighted by Gasteiger charge is -2.27. The third kappa shape index (κ3) is 6.56. The van der Waals surface area contributed by atoms with Crippen molar-refractivity contribution < 1.29 is 9.29 Å². The van der Waals surface area contributed by atoms with Crippen molar-refractivity contribution in [1.82, 2.24) is 24.6 Å². The van der Waals surface area contributed by atoms with Crippen LogP contribution in [0.25, 0.3) is 21.8 Å². The maximum Gasteiger partial charge on any atom is 0.144 e. The summed E-state index contributed by atoms with van der Waals surface area (Å²) in [4.78, 5) is 11.5. The number of hydrogen-bond donors (Lipinski definition) is 2. The minimum Gasteiger partial charge on any atom is -0.616 e. The highest BCUT2D eigenvalue weighted by Gasteiger charge is 2.18. The highest BCUT2D eigenvalue weighted by atomic mass is 32.2. The van der Waals surface area contributed by atoms with Gasteiger partial charge >= 0.3 is 0 Å². The summed E-state index contributed by atoms with van der Waals surface area (Å²) in [6.07, 6.45) is 5.61. The summed E-state index contributed by atoms with van der Waals surface area (Å²) in [6.45, 7) is 4.49. The number of aromatic nitrogens is 4. The molecule has 0 bridgehead atoms. The SMILES string of the molecule is COc1cc2ncnc(Nc3ccc4c(cnn4Cc4ccccc4)c3)c2cc1NCCCCN1CC[S+]([O-])CC1. The Bertz CT molecular complexity index is 1600. The first-order valence-corrected chi connectivity index (χ1v) is 15.6. The van der Waals surface area contributed by atoms with Crippen LogP contribution in [0.5, 0.6) is 5.75 Å². The van der Waals surface area contributed by atoms with E-state index in [0.717, 1.165) is 102 Å². The van der Waals surface area contributed by atoms with Gasteiger partial charge < -0.3 is 19.9 Å². The van der Waals surface area contributed by atoms with Crippen molar-refractivity contribution in [2.24, 2.45) is 0 Å². The minimum absolute atomic E-state index is 0.625. The minimum atomic E-state index is -0.625. The van der Waals surface area contributed by atoms with Gasteiger partial charge in [0.2, 0.25) is 0 Å². The Morgan fingerprint density at radius 2 is 1.85 bits per heavy atom. The summed E-state index contributed by atoms with van der Waals surface area (Å²) in [5.74, 6) is 3.10. The van der Waals surface area contributed by atoms with Crippen LogP contribution in [-0.4, -0.2) is 74.0 Å². The van der Waals surface area contributed by atoms with Crippen LogP contribution in [-0.2, 0) is 17.7 Å². The number of rotatable bonds is 11. The quantitative estimate of drug-likeness (QED) is 0.169.